The molecule has 1 atom stereocenters. The molecule has 0 radical (unpaired) electrons. The van der Waals surface area contributed by atoms with Crippen molar-refractivity contribution < 1.29 is 8.78 Å². The van der Waals surface area contributed by atoms with Gasteiger partial charge in [0.25, 0.3) is 6.43 Å². The summed E-state index contributed by atoms with van der Waals surface area (Å²) in [5, 5.41) is 0. The molecule has 1 saturated carbocycles. The maximum absolute atomic E-state index is 12.4. The van der Waals surface area contributed by atoms with Crippen LogP contribution < -0.4 is 5.73 Å². The number of rotatable bonds is 5. The van der Waals surface area contributed by atoms with Gasteiger partial charge in [-0.15, -0.1) is 0 Å². The van der Waals surface area contributed by atoms with Gasteiger partial charge in [-0.1, -0.05) is 12.8 Å². The number of aliphatic imine (C=N–C) groups is 1. The van der Waals surface area contributed by atoms with Gasteiger partial charge in [-0.05, 0) is 25.3 Å². The van der Waals surface area contributed by atoms with Crippen molar-refractivity contribution in [2.45, 2.75) is 38.2 Å². The van der Waals surface area contributed by atoms with Gasteiger partial charge in [0.05, 0.1) is 5.54 Å². The third kappa shape index (κ3) is 2.83. The number of halogens is 2. The van der Waals surface area contributed by atoms with Gasteiger partial charge in [-0.25, -0.2) is 8.78 Å². The third-order valence-electron chi connectivity index (χ3n) is 3.61. The summed E-state index contributed by atoms with van der Waals surface area (Å²) in [6.07, 6.45) is 4.17. The van der Waals surface area contributed by atoms with Crippen molar-refractivity contribution in [3.05, 3.63) is 12.3 Å². The van der Waals surface area contributed by atoms with E-state index in [1.165, 1.54) is 18.9 Å². The Labute approximate surface area is 100 Å². The van der Waals surface area contributed by atoms with Crippen LogP contribution in [0.4, 0.5) is 8.78 Å². The lowest BCUT2D eigenvalue weighted by atomic mass is 9.93. The molecule has 3 nitrogen and oxygen atoms in total. The van der Waals surface area contributed by atoms with Gasteiger partial charge in [0.1, 0.15) is 12.4 Å². The van der Waals surface area contributed by atoms with Gasteiger partial charge in [-0.3, -0.25) is 4.99 Å². The van der Waals surface area contributed by atoms with E-state index in [-0.39, 0.29) is 17.9 Å². The minimum Gasteiger partial charge on any atom is -0.352 e. The zero-order chi connectivity index (χ0) is 12.5. The number of allylic oxidation sites excluding steroid dienone is 1. The van der Waals surface area contributed by atoms with E-state index < -0.39 is 6.43 Å². The first kappa shape index (κ1) is 12.5. The number of hydrogen-bond acceptors (Lipinski definition) is 3. The Morgan fingerprint density at radius 1 is 1.59 bits per heavy atom. The Balaban J connectivity index is 2.00. The van der Waals surface area contributed by atoms with Gasteiger partial charge < -0.3 is 10.6 Å². The molecule has 1 aliphatic heterocycles. The van der Waals surface area contributed by atoms with Crippen LogP contribution in [0.15, 0.2) is 17.3 Å². The summed E-state index contributed by atoms with van der Waals surface area (Å²) in [7, 11) is 0. The average molecular weight is 243 g/mol. The van der Waals surface area contributed by atoms with Crippen LogP contribution in [0.25, 0.3) is 0 Å². The van der Waals surface area contributed by atoms with E-state index >= 15 is 0 Å². The Morgan fingerprint density at radius 2 is 2.29 bits per heavy atom. The predicted molar refractivity (Wildman–Crippen MR) is 64.1 cm³/mol. The first-order valence-electron chi connectivity index (χ1n) is 6.03. The van der Waals surface area contributed by atoms with Crippen LogP contribution in [-0.4, -0.2) is 35.8 Å². The van der Waals surface area contributed by atoms with Crippen LogP contribution >= 0.6 is 0 Å². The van der Waals surface area contributed by atoms with Crippen LogP contribution in [0.2, 0.25) is 0 Å². The Bertz CT molecular complexity index is 337. The molecule has 0 spiro atoms. The maximum atomic E-state index is 12.4. The molecule has 0 aromatic rings. The van der Waals surface area contributed by atoms with Crippen LogP contribution in [0.5, 0.6) is 0 Å². The number of nitrogens with two attached hydrogens (primary N) is 1. The van der Waals surface area contributed by atoms with E-state index in [4.69, 9.17) is 5.73 Å². The fourth-order valence-corrected chi connectivity index (χ4v) is 2.18. The van der Waals surface area contributed by atoms with E-state index in [0.29, 0.717) is 6.54 Å². The van der Waals surface area contributed by atoms with Gasteiger partial charge in [-0.2, -0.15) is 0 Å². The van der Waals surface area contributed by atoms with Gasteiger partial charge in [0.15, 0.2) is 0 Å². The highest BCUT2D eigenvalue weighted by atomic mass is 19.3. The molecule has 2 N–H and O–H groups in total. The second-order valence-electron chi connectivity index (χ2n) is 5.16. The Hall–Kier alpha value is -0.970. The van der Waals surface area contributed by atoms with E-state index in [1.807, 2.05) is 4.90 Å². The molecule has 0 aromatic heterocycles. The van der Waals surface area contributed by atoms with Crippen molar-refractivity contribution in [1.29, 1.82) is 0 Å². The molecule has 0 saturated heterocycles. The minimum atomic E-state index is -2.49. The Kier molecular flexibility index (Phi) is 3.47. The minimum absolute atomic E-state index is 0.132. The number of nitrogens with zero attached hydrogens (tertiary/aromatic N) is 2. The lowest BCUT2D eigenvalue weighted by Gasteiger charge is -2.40. The molecule has 2 aliphatic rings. The molecular weight excluding hydrogens is 224 g/mol. The fraction of sp³-hybridized carbons (Fsp3) is 0.750. The highest BCUT2D eigenvalue weighted by molar-refractivity contribution is 5.97. The van der Waals surface area contributed by atoms with Gasteiger partial charge in [0.2, 0.25) is 0 Å². The summed E-state index contributed by atoms with van der Waals surface area (Å²) in [4.78, 5) is 5.89. The summed E-state index contributed by atoms with van der Waals surface area (Å²) >= 11 is 0. The fourth-order valence-electron chi connectivity index (χ4n) is 2.18. The van der Waals surface area contributed by atoms with E-state index in [9.17, 15) is 8.78 Å². The number of alkyl halides is 2. The quantitative estimate of drug-likeness (QED) is 0.802. The molecular formula is C12H19F2N3. The SMILES string of the molecule is CC(CN)(CC1CC1)N1C=CC(C(F)F)=NC1. The molecule has 2 rings (SSSR count). The van der Waals surface area contributed by atoms with Crippen LogP contribution in [0, 0.1) is 5.92 Å². The lowest BCUT2D eigenvalue weighted by Crippen LogP contribution is -2.50. The summed E-state index contributed by atoms with van der Waals surface area (Å²) < 4.78 is 24.8. The normalized spacial score (nSPS) is 23.8. The van der Waals surface area contributed by atoms with E-state index in [0.717, 1.165) is 12.3 Å². The zero-order valence-corrected chi connectivity index (χ0v) is 10.1. The van der Waals surface area contributed by atoms with Crippen LogP contribution in [0.3, 0.4) is 0 Å². The second-order valence-corrected chi connectivity index (χ2v) is 5.16. The molecule has 0 aromatic carbocycles. The second kappa shape index (κ2) is 4.72. The Morgan fingerprint density at radius 3 is 2.71 bits per heavy atom. The van der Waals surface area contributed by atoms with Crippen LogP contribution in [0.1, 0.15) is 26.2 Å². The van der Waals surface area contributed by atoms with Gasteiger partial charge >= 0.3 is 0 Å². The lowest BCUT2D eigenvalue weighted by molar-refractivity contribution is 0.152. The van der Waals surface area contributed by atoms with Crippen molar-refractivity contribution in [3.63, 3.8) is 0 Å². The maximum Gasteiger partial charge on any atom is 0.280 e. The largest absolute Gasteiger partial charge is 0.352 e. The van der Waals surface area contributed by atoms with Crippen molar-refractivity contribution in [2.75, 3.05) is 13.2 Å². The monoisotopic (exact) mass is 243 g/mol. The van der Waals surface area contributed by atoms with Crippen molar-refractivity contribution in [2.24, 2.45) is 16.6 Å². The van der Waals surface area contributed by atoms with Gasteiger partial charge in [0, 0.05) is 12.7 Å². The summed E-state index contributed by atoms with van der Waals surface area (Å²) in [6.45, 7) is 2.89. The van der Waals surface area contributed by atoms with E-state index in [1.54, 1.807) is 6.20 Å². The molecule has 1 aliphatic carbocycles. The number of hydrogen-bond donors (Lipinski definition) is 1. The smallest absolute Gasteiger partial charge is 0.280 e. The highest BCUT2D eigenvalue weighted by Gasteiger charge is 2.36. The third-order valence-corrected chi connectivity index (χ3v) is 3.61. The summed E-state index contributed by atoms with van der Waals surface area (Å²) in [6, 6.07) is 0. The van der Waals surface area contributed by atoms with Crippen molar-refractivity contribution in [1.82, 2.24) is 4.90 Å². The van der Waals surface area contributed by atoms with Crippen molar-refractivity contribution in [3.8, 4) is 0 Å². The van der Waals surface area contributed by atoms with Crippen LogP contribution in [-0.2, 0) is 0 Å². The van der Waals surface area contributed by atoms with Crippen molar-refractivity contribution >= 4 is 5.71 Å². The molecule has 5 heteroatoms. The first-order chi connectivity index (χ1) is 8.05. The average Bonchev–Trinajstić information content (AvgIpc) is 3.13. The predicted octanol–water partition coefficient (Wildman–Crippen LogP) is 2.00. The topological polar surface area (TPSA) is 41.6 Å². The highest BCUT2D eigenvalue weighted by Crippen LogP contribution is 2.38. The molecule has 0 bridgehead atoms. The molecule has 1 fully saturated rings. The summed E-state index contributed by atoms with van der Waals surface area (Å²) in [5.74, 6) is 0.748. The molecule has 96 valence electrons. The molecule has 17 heavy (non-hydrogen) atoms. The first-order valence-corrected chi connectivity index (χ1v) is 6.03. The zero-order valence-electron chi connectivity index (χ0n) is 10.1. The standard InChI is InChI=1S/C12H19F2N3/c1-12(7-15,6-9-2-3-9)17-5-4-10(11(13)14)16-8-17/h4-5,9,11H,2-3,6-8,15H2,1H3. The van der Waals surface area contributed by atoms with E-state index in [2.05, 4.69) is 11.9 Å². The molecule has 1 unspecified atom stereocenters. The molecule has 0 amide bonds. The summed E-state index contributed by atoms with van der Waals surface area (Å²) in [5.41, 5.74) is 5.55. The molecule has 1 heterocycles.